The van der Waals surface area contributed by atoms with Crippen LogP contribution in [-0.2, 0) is 6.54 Å². The number of nitrogens with one attached hydrogen (secondary N) is 1. The third-order valence-electron chi connectivity index (χ3n) is 2.17. The summed E-state index contributed by atoms with van der Waals surface area (Å²) in [5, 5.41) is 11.5. The smallest absolute Gasteiger partial charge is 0.147 e. The number of halogens is 1. The fourth-order valence-electron chi connectivity index (χ4n) is 1.34. The molecule has 17 heavy (non-hydrogen) atoms. The van der Waals surface area contributed by atoms with Gasteiger partial charge >= 0.3 is 0 Å². The third kappa shape index (κ3) is 2.75. The summed E-state index contributed by atoms with van der Waals surface area (Å²) >= 11 is 0. The van der Waals surface area contributed by atoms with E-state index in [1.54, 1.807) is 24.7 Å². The molecule has 1 N–H and O–H groups in total. The van der Waals surface area contributed by atoms with Crippen LogP contribution in [0.3, 0.4) is 0 Å². The van der Waals surface area contributed by atoms with Gasteiger partial charge in [0.15, 0.2) is 0 Å². The van der Waals surface area contributed by atoms with Crippen molar-refractivity contribution in [1.29, 1.82) is 5.26 Å². The Bertz CT molecular complexity index is 548. The van der Waals surface area contributed by atoms with Crippen LogP contribution in [-0.4, -0.2) is 9.97 Å². The first-order valence-electron chi connectivity index (χ1n) is 4.98. The first kappa shape index (κ1) is 11.0. The molecule has 0 amide bonds. The Labute approximate surface area is 97.8 Å². The lowest BCUT2D eigenvalue weighted by atomic mass is 10.2. The largest absolute Gasteiger partial charge is 0.377 e. The topological polar surface area (TPSA) is 61.6 Å². The highest BCUT2D eigenvalue weighted by Crippen LogP contribution is 2.15. The number of hydrogen-bond acceptors (Lipinski definition) is 4. The summed E-state index contributed by atoms with van der Waals surface area (Å²) in [6.45, 7) is 0.386. The lowest BCUT2D eigenvalue weighted by molar-refractivity contribution is 0.629. The monoisotopic (exact) mass is 228 g/mol. The molecule has 0 aliphatic heterocycles. The van der Waals surface area contributed by atoms with E-state index in [4.69, 9.17) is 5.26 Å². The Balaban J connectivity index is 2.08. The van der Waals surface area contributed by atoms with E-state index in [0.29, 0.717) is 17.8 Å². The summed E-state index contributed by atoms with van der Waals surface area (Å²) in [5.41, 5.74) is 1.36. The van der Waals surface area contributed by atoms with Gasteiger partial charge in [0.05, 0.1) is 35.8 Å². The van der Waals surface area contributed by atoms with Gasteiger partial charge in [0.2, 0.25) is 0 Å². The lowest BCUT2D eigenvalue weighted by Crippen LogP contribution is -2.03. The summed E-state index contributed by atoms with van der Waals surface area (Å²) in [4.78, 5) is 7.96. The minimum atomic E-state index is -0.451. The molecule has 0 spiro atoms. The molecule has 5 heteroatoms. The van der Waals surface area contributed by atoms with Gasteiger partial charge in [0.1, 0.15) is 5.82 Å². The van der Waals surface area contributed by atoms with Crippen molar-refractivity contribution in [1.82, 2.24) is 9.97 Å². The zero-order valence-electron chi connectivity index (χ0n) is 8.89. The maximum Gasteiger partial charge on any atom is 0.147 e. The maximum absolute atomic E-state index is 13.5. The summed E-state index contributed by atoms with van der Waals surface area (Å²) in [6.07, 6.45) is 4.76. The van der Waals surface area contributed by atoms with Crippen molar-refractivity contribution >= 4 is 5.69 Å². The van der Waals surface area contributed by atoms with Gasteiger partial charge in [0, 0.05) is 12.4 Å². The predicted molar refractivity (Wildman–Crippen MR) is 60.5 cm³/mol. The summed E-state index contributed by atoms with van der Waals surface area (Å²) in [6, 6.07) is 6.16. The number of hydrogen-bond donors (Lipinski definition) is 1. The van der Waals surface area contributed by atoms with Gasteiger partial charge < -0.3 is 5.32 Å². The van der Waals surface area contributed by atoms with Crippen LogP contribution in [0.4, 0.5) is 10.1 Å². The molecule has 0 atom stereocenters. The molecule has 2 rings (SSSR count). The van der Waals surface area contributed by atoms with E-state index in [1.165, 1.54) is 12.1 Å². The van der Waals surface area contributed by atoms with Crippen molar-refractivity contribution in [2.24, 2.45) is 0 Å². The summed E-state index contributed by atoms with van der Waals surface area (Å²) < 4.78 is 13.5. The van der Waals surface area contributed by atoms with Crippen molar-refractivity contribution < 1.29 is 4.39 Å². The van der Waals surface area contributed by atoms with Crippen molar-refractivity contribution in [3.8, 4) is 6.07 Å². The molecule has 0 aliphatic carbocycles. The van der Waals surface area contributed by atoms with Gasteiger partial charge in [-0.1, -0.05) is 0 Å². The second-order valence-electron chi connectivity index (χ2n) is 3.36. The van der Waals surface area contributed by atoms with E-state index in [2.05, 4.69) is 15.3 Å². The van der Waals surface area contributed by atoms with Crippen molar-refractivity contribution in [3.63, 3.8) is 0 Å². The third-order valence-corrected chi connectivity index (χ3v) is 2.17. The molecule has 4 nitrogen and oxygen atoms in total. The number of nitriles is 1. The van der Waals surface area contributed by atoms with Crippen LogP contribution in [0.1, 0.15) is 11.3 Å². The molecule has 2 aromatic rings. The van der Waals surface area contributed by atoms with Crippen LogP contribution >= 0.6 is 0 Å². The molecule has 1 aromatic heterocycles. The van der Waals surface area contributed by atoms with Gasteiger partial charge in [-0.15, -0.1) is 0 Å². The number of aromatic nitrogens is 2. The van der Waals surface area contributed by atoms with E-state index in [1.807, 2.05) is 6.07 Å². The second kappa shape index (κ2) is 5.03. The van der Waals surface area contributed by atoms with E-state index < -0.39 is 5.82 Å². The molecule has 0 bridgehead atoms. The molecule has 0 fully saturated rings. The number of anilines is 1. The molecule has 0 unspecified atom stereocenters. The zero-order valence-corrected chi connectivity index (χ0v) is 8.89. The fourth-order valence-corrected chi connectivity index (χ4v) is 1.34. The first-order valence-corrected chi connectivity index (χ1v) is 4.98. The second-order valence-corrected chi connectivity index (χ2v) is 3.36. The van der Waals surface area contributed by atoms with Crippen LogP contribution in [0.2, 0.25) is 0 Å². The van der Waals surface area contributed by atoms with Crippen molar-refractivity contribution in [2.75, 3.05) is 5.32 Å². The van der Waals surface area contributed by atoms with Gasteiger partial charge in [-0.3, -0.25) is 9.97 Å². The standard InChI is InChI=1S/C12H9FN4/c13-11-5-9(6-14)1-2-12(11)17-8-10-7-15-3-4-16-10/h1-5,7,17H,8H2. The molecular formula is C12H9FN4. The van der Waals surface area contributed by atoms with E-state index >= 15 is 0 Å². The van der Waals surface area contributed by atoms with E-state index in [-0.39, 0.29) is 0 Å². The molecule has 0 saturated carbocycles. The van der Waals surface area contributed by atoms with Crippen molar-refractivity contribution in [3.05, 3.63) is 53.9 Å². The first-order chi connectivity index (χ1) is 8.29. The highest BCUT2D eigenvalue weighted by molar-refractivity contribution is 5.48. The highest BCUT2D eigenvalue weighted by atomic mass is 19.1. The summed E-state index contributed by atoms with van der Waals surface area (Å²) in [7, 11) is 0. The van der Waals surface area contributed by atoms with Crippen molar-refractivity contribution in [2.45, 2.75) is 6.54 Å². The quantitative estimate of drug-likeness (QED) is 0.873. The predicted octanol–water partition coefficient (Wildman–Crippen LogP) is 2.10. The van der Waals surface area contributed by atoms with Gasteiger partial charge in [-0.2, -0.15) is 5.26 Å². The lowest BCUT2D eigenvalue weighted by Gasteiger charge is -2.06. The highest BCUT2D eigenvalue weighted by Gasteiger charge is 2.03. The molecule has 1 heterocycles. The average Bonchev–Trinajstić information content (AvgIpc) is 2.38. The number of benzene rings is 1. The number of nitrogens with zero attached hydrogens (tertiary/aromatic N) is 3. The minimum Gasteiger partial charge on any atom is -0.377 e. The van der Waals surface area contributed by atoms with E-state index in [0.717, 1.165) is 5.69 Å². The molecule has 84 valence electrons. The summed E-state index contributed by atoms with van der Waals surface area (Å²) in [5.74, 6) is -0.451. The SMILES string of the molecule is N#Cc1ccc(NCc2cnccn2)c(F)c1. The molecule has 0 saturated heterocycles. The Hall–Kier alpha value is -2.48. The van der Waals surface area contributed by atoms with Gasteiger partial charge in [-0.05, 0) is 18.2 Å². The maximum atomic E-state index is 13.5. The number of rotatable bonds is 3. The Morgan fingerprint density at radius 1 is 1.35 bits per heavy atom. The van der Waals surface area contributed by atoms with Gasteiger partial charge in [0.25, 0.3) is 0 Å². The molecular weight excluding hydrogens is 219 g/mol. The van der Waals surface area contributed by atoms with Crippen LogP contribution in [0.5, 0.6) is 0 Å². The average molecular weight is 228 g/mol. The van der Waals surface area contributed by atoms with Crippen LogP contribution in [0, 0.1) is 17.1 Å². The minimum absolute atomic E-state index is 0.299. The van der Waals surface area contributed by atoms with Crippen LogP contribution < -0.4 is 5.32 Å². The normalized spacial score (nSPS) is 9.65. The fraction of sp³-hybridized carbons (Fsp3) is 0.0833. The molecule has 0 aliphatic rings. The van der Waals surface area contributed by atoms with Crippen LogP contribution in [0.15, 0.2) is 36.8 Å². The Morgan fingerprint density at radius 3 is 2.88 bits per heavy atom. The van der Waals surface area contributed by atoms with Crippen LogP contribution in [0.25, 0.3) is 0 Å². The molecule has 0 radical (unpaired) electrons. The van der Waals surface area contributed by atoms with E-state index in [9.17, 15) is 4.39 Å². The molecule has 1 aromatic carbocycles. The zero-order chi connectivity index (χ0) is 12.1. The Kier molecular flexibility index (Phi) is 3.26. The van der Waals surface area contributed by atoms with Gasteiger partial charge in [-0.25, -0.2) is 4.39 Å². The Morgan fingerprint density at radius 2 is 2.24 bits per heavy atom.